The van der Waals surface area contributed by atoms with Crippen LogP contribution < -0.4 is 5.73 Å². The van der Waals surface area contributed by atoms with Crippen LogP contribution in [0.3, 0.4) is 0 Å². The van der Waals surface area contributed by atoms with Crippen LogP contribution in [0, 0.1) is 0 Å². The highest BCUT2D eigenvalue weighted by molar-refractivity contribution is 5.47. The molecule has 4 rings (SSSR count). The predicted molar refractivity (Wildman–Crippen MR) is 73.2 cm³/mol. The van der Waals surface area contributed by atoms with E-state index in [1.807, 2.05) is 24.3 Å². The van der Waals surface area contributed by atoms with E-state index in [-0.39, 0.29) is 6.10 Å². The summed E-state index contributed by atoms with van der Waals surface area (Å²) in [6, 6.07) is 7.76. The molecule has 2 saturated heterocycles. The van der Waals surface area contributed by atoms with Gasteiger partial charge in [-0.3, -0.25) is 0 Å². The molecular weight excluding hydrogens is 254 g/mol. The minimum Gasteiger partial charge on any atom is -0.398 e. The Morgan fingerprint density at radius 1 is 1.25 bits per heavy atom. The number of nitrogen functional groups attached to an aromatic ring is 1. The van der Waals surface area contributed by atoms with Crippen LogP contribution >= 0.6 is 0 Å². The van der Waals surface area contributed by atoms with Crippen LogP contribution in [0.1, 0.15) is 42.5 Å². The first kappa shape index (κ1) is 11.9. The van der Waals surface area contributed by atoms with Gasteiger partial charge in [-0.25, -0.2) is 0 Å². The second kappa shape index (κ2) is 4.59. The number of anilines is 1. The molecule has 3 unspecified atom stereocenters. The average molecular weight is 271 g/mol. The van der Waals surface area contributed by atoms with Gasteiger partial charge in [-0.1, -0.05) is 23.4 Å². The zero-order chi connectivity index (χ0) is 13.5. The average Bonchev–Trinajstić information content (AvgIpc) is 3.16. The van der Waals surface area contributed by atoms with Crippen molar-refractivity contribution in [3.63, 3.8) is 0 Å². The van der Waals surface area contributed by atoms with Gasteiger partial charge in [-0.2, -0.15) is 4.98 Å². The Labute approximate surface area is 117 Å². The maximum atomic E-state index is 5.94. The molecule has 2 aromatic rings. The van der Waals surface area contributed by atoms with E-state index in [0.717, 1.165) is 29.9 Å². The highest BCUT2D eigenvalue weighted by atomic mass is 16.5. The molecule has 1 aromatic carbocycles. The van der Waals surface area contributed by atoms with Crippen LogP contribution in [0.15, 0.2) is 28.8 Å². The van der Waals surface area contributed by atoms with E-state index in [9.17, 15) is 0 Å². The van der Waals surface area contributed by atoms with Crippen LogP contribution in [0.5, 0.6) is 0 Å². The van der Waals surface area contributed by atoms with Crippen LogP contribution in [0.25, 0.3) is 0 Å². The number of hydrogen-bond acceptors (Lipinski definition) is 5. The molecule has 2 N–H and O–H groups in total. The lowest BCUT2D eigenvalue weighted by Crippen LogP contribution is -2.15. The van der Waals surface area contributed by atoms with E-state index in [1.165, 1.54) is 6.42 Å². The van der Waals surface area contributed by atoms with Crippen molar-refractivity contribution in [1.29, 1.82) is 0 Å². The van der Waals surface area contributed by atoms with Gasteiger partial charge in [0, 0.05) is 5.69 Å². The minimum atomic E-state index is 0.284. The van der Waals surface area contributed by atoms with Gasteiger partial charge >= 0.3 is 0 Å². The van der Waals surface area contributed by atoms with Crippen molar-refractivity contribution in [1.82, 2.24) is 10.1 Å². The molecule has 0 amide bonds. The lowest BCUT2D eigenvalue weighted by Gasteiger charge is -2.13. The van der Waals surface area contributed by atoms with Crippen molar-refractivity contribution in [2.45, 2.75) is 43.8 Å². The van der Waals surface area contributed by atoms with E-state index >= 15 is 0 Å². The number of para-hydroxylation sites is 1. The Hall–Kier alpha value is -1.88. The molecule has 0 radical (unpaired) electrons. The highest BCUT2D eigenvalue weighted by Gasteiger charge is 2.43. The van der Waals surface area contributed by atoms with Crippen LogP contribution in [-0.2, 0) is 11.2 Å². The molecule has 104 valence electrons. The third-order valence-corrected chi connectivity index (χ3v) is 4.32. The second-order valence-corrected chi connectivity index (χ2v) is 5.64. The zero-order valence-electron chi connectivity index (χ0n) is 11.2. The number of hydrogen-bond donors (Lipinski definition) is 1. The fourth-order valence-corrected chi connectivity index (χ4v) is 3.26. The van der Waals surface area contributed by atoms with E-state index in [2.05, 4.69) is 10.1 Å². The van der Waals surface area contributed by atoms with E-state index in [1.54, 1.807) is 0 Å². The number of nitrogens with zero attached hydrogens (tertiary/aromatic N) is 2. The number of ether oxygens (including phenoxy) is 1. The minimum absolute atomic E-state index is 0.284. The molecule has 2 aliphatic rings. The van der Waals surface area contributed by atoms with Gasteiger partial charge in [0.25, 0.3) is 0 Å². The summed E-state index contributed by atoms with van der Waals surface area (Å²) in [6.45, 7) is 0. The second-order valence-electron chi connectivity index (χ2n) is 5.64. The standard InChI is InChI=1S/C15H17N3O2/c16-12-4-2-1-3-9(12)7-14-17-15(18-20-14)11-8-10-5-6-13(11)19-10/h1-4,10-11,13H,5-8,16H2. The van der Waals surface area contributed by atoms with Gasteiger partial charge in [-0.05, 0) is 30.9 Å². The summed E-state index contributed by atoms with van der Waals surface area (Å²) in [6.07, 6.45) is 4.58. The number of benzene rings is 1. The maximum Gasteiger partial charge on any atom is 0.231 e. The van der Waals surface area contributed by atoms with Gasteiger partial charge in [0.05, 0.1) is 24.5 Å². The first-order valence-electron chi connectivity index (χ1n) is 7.11. The van der Waals surface area contributed by atoms with Crippen molar-refractivity contribution in [2.75, 3.05) is 5.73 Å². The number of aromatic nitrogens is 2. The summed E-state index contributed by atoms with van der Waals surface area (Å²) in [5.41, 5.74) is 7.72. The van der Waals surface area contributed by atoms with Gasteiger partial charge < -0.3 is 15.0 Å². The monoisotopic (exact) mass is 271 g/mol. The summed E-state index contributed by atoms with van der Waals surface area (Å²) in [5, 5.41) is 4.14. The topological polar surface area (TPSA) is 74.2 Å². The van der Waals surface area contributed by atoms with E-state index < -0.39 is 0 Å². The number of nitrogens with two attached hydrogens (primary N) is 1. The molecule has 2 bridgehead atoms. The van der Waals surface area contributed by atoms with E-state index in [0.29, 0.717) is 24.3 Å². The van der Waals surface area contributed by atoms with Crippen molar-refractivity contribution in [3.05, 3.63) is 41.5 Å². The third-order valence-electron chi connectivity index (χ3n) is 4.32. The third kappa shape index (κ3) is 1.98. The number of rotatable bonds is 3. The highest BCUT2D eigenvalue weighted by Crippen LogP contribution is 2.43. The quantitative estimate of drug-likeness (QED) is 0.867. The molecule has 3 atom stereocenters. The van der Waals surface area contributed by atoms with Gasteiger partial charge in [0.15, 0.2) is 5.82 Å². The molecule has 0 spiro atoms. The number of fused-ring (bicyclic) bond motifs is 2. The summed E-state index contributed by atoms with van der Waals surface area (Å²) >= 11 is 0. The lowest BCUT2D eigenvalue weighted by molar-refractivity contribution is 0.0996. The Morgan fingerprint density at radius 2 is 2.15 bits per heavy atom. The Balaban J connectivity index is 1.52. The van der Waals surface area contributed by atoms with Gasteiger partial charge in [0.1, 0.15) is 0 Å². The first-order chi connectivity index (χ1) is 9.79. The van der Waals surface area contributed by atoms with Crippen molar-refractivity contribution >= 4 is 5.69 Å². The summed E-state index contributed by atoms with van der Waals surface area (Å²) < 4.78 is 11.2. The van der Waals surface area contributed by atoms with Crippen LogP contribution in [0.2, 0.25) is 0 Å². The van der Waals surface area contributed by atoms with E-state index in [4.69, 9.17) is 15.0 Å². The fraction of sp³-hybridized carbons (Fsp3) is 0.467. The Kier molecular flexibility index (Phi) is 2.73. The molecule has 3 heterocycles. The van der Waals surface area contributed by atoms with Crippen molar-refractivity contribution in [3.8, 4) is 0 Å². The smallest absolute Gasteiger partial charge is 0.231 e. The Bertz CT molecular complexity index is 625. The van der Waals surface area contributed by atoms with Crippen molar-refractivity contribution in [2.24, 2.45) is 0 Å². The summed E-state index contributed by atoms with van der Waals surface area (Å²) in [5.74, 6) is 1.72. The Morgan fingerprint density at radius 3 is 2.90 bits per heavy atom. The molecule has 0 aliphatic carbocycles. The molecule has 1 aromatic heterocycles. The maximum absolute atomic E-state index is 5.94. The lowest BCUT2D eigenvalue weighted by atomic mass is 9.89. The SMILES string of the molecule is Nc1ccccc1Cc1nc(C2CC3CCC2O3)no1. The molecular formula is C15H17N3O2. The fourth-order valence-electron chi connectivity index (χ4n) is 3.26. The molecule has 0 saturated carbocycles. The largest absolute Gasteiger partial charge is 0.398 e. The molecule has 2 aliphatic heterocycles. The van der Waals surface area contributed by atoms with Crippen LogP contribution in [0.4, 0.5) is 5.69 Å². The van der Waals surface area contributed by atoms with Gasteiger partial charge in [-0.15, -0.1) is 0 Å². The molecule has 5 nitrogen and oxygen atoms in total. The van der Waals surface area contributed by atoms with Crippen molar-refractivity contribution < 1.29 is 9.26 Å². The predicted octanol–water partition coefficient (Wildman–Crippen LogP) is 2.28. The summed E-state index contributed by atoms with van der Waals surface area (Å²) in [4.78, 5) is 4.53. The van der Waals surface area contributed by atoms with Gasteiger partial charge in [0.2, 0.25) is 5.89 Å². The molecule has 5 heteroatoms. The zero-order valence-corrected chi connectivity index (χ0v) is 11.2. The first-order valence-corrected chi connectivity index (χ1v) is 7.11. The molecule has 20 heavy (non-hydrogen) atoms. The molecule has 2 fully saturated rings. The van der Waals surface area contributed by atoms with Crippen LogP contribution in [-0.4, -0.2) is 22.3 Å². The summed E-state index contributed by atoms with van der Waals surface area (Å²) in [7, 11) is 0. The normalized spacial score (nSPS) is 28.1.